The van der Waals surface area contributed by atoms with E-state index in [0.717, 1.165) is 24.0 Å². The highest BCUT2D eigenvalue weighted by Crippen LogP contribution is 2.42. The molecule has 1 amide bonds. The van der Waals surface area contributed by atoms with Gasteiger partial charge in [0, 0.05) is 21.3 Å². The highest BCUT2D eigenvalue weighted by molar-refractivity contribution is 5.68. The fourth-order valence-corrected chi connectivity index (χ4v) is 6.28. The van der Waals surface area contributed by atoms with Gasteiger partial charge in [-0.05, 0) is 65.7 Å². The van der Waals surface area contributed by atoms with Gasteiger partial charge in [-0.25, -0.2) is 4.79 Å². The molecule has 2 aromatic carbocycles. The maximum absolute atomic E-state index is 13.8. The minimum atomic E-state index is -1.60. The van der Waals surface area contributed by atoms with E-state index in [9.17, 15) is 26.1 Å². The zero-order chi connectivity index (χ0) is 32.5. The summed E-state index contributed by atoms with van der Waals surface area (Å²) in [6, 6.07) is 15.7. The second-order valence-electron chi connectivity index (χ2n) is 11.7. The highest BCUT2D eigenvalue weighted by atomic mass is 16.7. The number of benzene rings is 2. The van der Waals surface area contributed by atoms with Crippen molar-refractivity contribution in [2.24, 2.45) is 21.3 Å². The molecule has 9 atom stereocenters. The fraction of sp³-hybridized carbons (Fsp3) is 0.567. The molecule has 16 nitrogen and oxygen atoms in total. The molecule has 2 N–H and O–H groups in total. The Hall–Kier alpha value is -4.52. The molecule has 2 aliphatic carbocycles. The van der Waals surface area contributed by atoms with Crippen molar-refractivity contribution in [1.29, 1.82) is 0 Å². The summed E-state index contributed by atoms with van der Waals surface area (Å²) in [4.78, 5) is 24.0. The summed E-state index contributed by atoms with van der Waals surface area (Å²) in [7, 11) is 0. The van der Waals surface area contributed by atoms with Crippen molar-refractivity contribution in [2.75, 3.05) is 0 Å². The normalized spacial score (nSPS) is 29.6. The number of hydrogen-bond acceptors (Lipinski definition) is 9. The minimum Gasteiger partial charge on any atom is -0.445 e. The first-order valence-electron chi connectivity index (χ1n) is 15.2. The Morgan fingerprint density at radius 3 is 2.09 bits per heavy atom. The topological polar surface area (TPSA) is 235 Å². The summed E-state index contributed by atoms with van der Waals surface area (Å²) in [5, 5.41) is 32.7. The standard InChI is InChI=1S/C30H36N10O6/c31-37-34-21-13-14-24(45-29(21)46-28-23(36-39-33)15-22(35-38-32)26(41)27(28)42)25(20-11-12-20)40(16-18-7-3-1-4-8-18)30(43)44-17-19-9-5-2-6-10-19/h1-10,20-29,41-42H,11-17H2. The second kappa shape index (κ2) is 15.7. The van der Waals surface area contributed by atoms with Crippen LogP contribution in [0.1, 0.15) is 43.2 Å². The van der Waals surface area contributed by atoms with Crippen LogP contribution in [0, 0.1) is 5.92 Å². The van der Waals surface area contributed by atoms with Crippen LogP contribution >= 0.6 is 0 Å². The molecule has 9 unspecified atom stereocenters. The van der Waals surface area contributed by atoms with Gasteiger partial charge in [-0.2, -0.15) is 0 Å². The Morgan fingerprint density at radius 2 is 1.46 bits per heavy atom. The third-order valence-corrected chi connectivity index (χ3v) is 8.69. The van der Waals surface area contributed by atoms with Gasteiger partial charge in [0.1, 0.15) is 12.7 Å². The molecule has 0 bridgehead atoms. The van der Waals surface area contributed by atoms with Crippen molar-refractivity contribution in [1.82, 2.24) is 4.90 Å². The lowest BCUT2D eigenvalue weighted by Crippen LogP contribution is -2.59. The van der Waals surface area contributed by atoms with Gasteiger partial charge in [-0.1, -0.05) is 76.0 Å². The Labute approximate surface area is 264 Å². The van der Waals surface area contributed by atoms with Gasteiger partial charge in [0.2, 0.25) is 0 Å². The van der Waals surface area contributed by atoms with E-state index in [-0.39, 0.29) is 25.5 Å². The van der Waals surface area contributed by atoms with Crippen LogP contribution in [0.2, 0.25) is 0 Å². The van der Waals surface area contributed by atoms with Crippen molar-refractivity contribution in [3.05, 3.63) is 103 Å². The van der Waals surface area contributed by atoms with Gasteiger partial charge in [0.05, 0.1) is 42.5 Å². The first-order valence-corrected chi connectivity index (χ1v) is 15.2. The second-order valence-corrected chi connectivity index (χ2v) is 11.7. The van der Waals surface area contributed by atoms with Crippen molar-refractivity contribution in [2.45, 2.75) is 100 Å². The first-order chi connectivity index (χ1) is 22.4. The van der Waals surface area contributed by atoms with Crippen LogP contribution in [-0.4, -0.2) is 76.1 Å². The molecule has 16 heteroatoms. The zero-order valence-corrected chi connectivity index (χ0v) is 25.0. The van der Waals surface area contributed by atoms with Gasteiger partial charge < -0.3 is 24.4 Å². The van der Waals surface area contributed by atoms with Crippen molar-refractivity contribution >= 4 is 6.09 Å². The lowest BCUT2D eigenvalue weighted by Gasteiger charge is -2.45. The number of hydrogen-bond donors (Lipinski definition) is 2. The summed E-state index contributed by atoms with van der Waals surface area (Å²) in [5.41, 5.74) is 29.1. The van der Waals surface area contributed by atoms with Crippen LogP contribution in [0.3, 0.4) is 0 Å². The monoisotopic (exact) mass is 632 g/mol. The van der Waals surface area contributed by atoms with E-state index in [4.69, 9.17) is 19.7 Å². The molecular weight excluding hydrogens is 596 g/mol. The fourth-order valence-electron chi connectivity index (χ4n) is 6.28. The number of aliphatic hydroxyl groups is 2. The maximum Gasteiger partial charge on any atom is 0.410 e. The van der Waals surface area contributed by atoms with Gasteiger partial charge in [0.25, 0.3) is 0 Å². The predicted molar refractivity (Wildman–Crippen MR) is 163 cm³/mol. The van der Waals surface area contributed by atoms with Gasteiger partial charge in [0.15, 0.2) is 6.29 Å². The number of rotatable bonds is 12. The summed E-state index contributed by atoms with van der Waals surface area (Å²) < 4.78 is 18.5. The average molecular weight is 633 g/mol. The molecule has 1 heterocycles. The van der Waals surface area contributed by atoms with Crippen LogP contribution in [-0.2, 0) is 27.4 Å². The molecule has 46 heavy (non-hydrogen) atoms. The molecule has 5 rings (SSSR count). The van der Waals surface area contributed by atoms with E-state index in [1.54, 1.807) is 4.90 Å². The van der Waals surface area contributed by atoms with Crippen LogP contribution < -0.4 is 0 Å². The van der Waals surface area contributed by atoms with Crippen LogP contribution in [0.15, 0.2) is 76.0 Å². The van der Waals surface area contributed by atoms with E-state index in [0.29, 0.717) is 12.8 Å². The van der Waals surface area contributed by atoms with Crippen molar-refractivity contribution in [3.8, 4) is 0 Å². The summed E-state index contributed by atoms with van der Waals surface area (Å²) in [5.74, 6) is 0.122. The van der Waals surface area contributed by atoms with E-state index >= 15 is 0 Å². The summed E-state index contributed by atoms with van der Waals surface area (Å²) >= 11 is 0. The highest BCUT2D eigenvalue weighted by Gasteiger charge is 2.49. The van der Waals surface area contributed by atoms with E-state index < -0.39 is 61.0 Å². The number of aliphatic hydroxyl groups excluding tert-OH is 2. The number of carbonyl (C=O) groups excluding carboxylic acids is 1. The number of amides is 1. The molecule has 3 fully saturated rings. The first kappa shape index (κ1) is 32.9. The van der Waals surface area contributed by atoms with E-state index in [2.05, 4.69) is 30.1 Å². The number of azide groups is 3. The molecule has 1 saturated heterocycles. The number of nitrogens with zero attached hydrogens (tertiary/aromatic N) is 10. The van der Waals surface area contributed by atoms with Crippen LogP contribution in [0.25, 0.3) is 31.3 Å². The Kier molecular flexibility index (Phi) is 11.2. The molecule has 242 valence electrons. The van der Waals surface area contributed by atoms with E-state index in [1.807, 2.05) is 60.7 Å². The molecule has 0 radical (unpaired) electrons. The predicted octanol–water partition coefficient (Wildman–Crippen LogP) is 5.66. The lowest BCUT2D eigenvalue weighted by atomic mass is 9.84. The van der Waals surface area contributed by atoms with Crippen LogP contribution in [0.5, 0.6) is 0 Å². The quantitative estimate of drug-likeness (QED) is 0.170. The summed E-state index contributed by atoms with van der Waals surface area (Å²) in [6.07, 6.45) is -4.16. The molecule has 0 aromatic heterocycles. The Morgan fingerprint density at radius 1 is 0.848 bits per heavy atom. The third-order valence-electron chi connectivity index (χ3n) is 8.69. The van der Waals surface area contributed by atoms with Crippen molar-refractivity contribution < 1.29 is 29.2 Å². The van der Waals surface area contributed by atoms with Crippen molar-refractivity contribution in [3.63, 3.8) is 0 Å². The molecule has 3 aliphatic rings. The molecule has 2 aromatic rings. The molecule has 2 saturated carbocycles. The third kappa shape index (κ3) is 8.00. The summed E-state index contributed by atoms with van der Waals surface area (Å²) in [6.45, 7) is 0.367. The SMILES string of the molecule is [N-]=[N+]=NC1CCC(C(C2CC2)N(Cc2ccccc2)C(=O)OCc2ccccc2)OC1OC1C(N=[N+]=[N-])CC(N=[N+]=[N-])C(O)C1O. The van der Waals surface area contributed by atoms with Gasteiger partial charge in [-0.3, -0.25) is 4.90 Å². The lowest BCUT2D eigenvalue weighted by molar-refractivity contribution is -0.261. The average Bonchev–Trinajstić information content (AvgIpc) is 3.91. The van der Waals surface area contributed by atoms with Crippen LogP contribution in [0.4, 0.5) is 4.79 Å². The number of carbonyl (C=O) groups is 1. The minimum absolute atomic E-state index is 0.0812. The molecule has 1 aliphatic heterocycles. The van der Waals surface area contributed by atoms with E-state index in [1.165, 1.54) is 0 Å². The Bertz CT molecular complexity index is 1460. The zero-order valence-electron chi connectivity index (χ0n) is 25.0. The molecular formula is C30H36N10O6. The smallest absolute Gasteiger partial charge is 0.410 e. The largest absolute Gasteiger partial charge is 0.445 e. The van der Waals surface area contributed by atoms with Gasteiger partial charge in [-0.15, -0.1) is 0 Å². The van der Waals surface area contributed by atoms with Gasteiger partial charge >= 0.3 is 6.09 Å². The Balaban J connectivity index is 1.40. The number of ether oxygens (including phenoxy) is 3. The maximum atomic E-state index is 13.8. The molecule has 0 spiro atoms.